The fraction of sp³-hybridized carbons (Fsp3) is 0.500. The van der Waals surface area contributed by atoms with Crippen LogP contribution in [0.15, 0.2) is 60.7 Å². The Morgan fingerprint density at radius 2 is 1.58 bits per heavy atom. The Hall–Kier alpha value is -2.66. The molecule has 5 heteroatoms. The minimum atomic E-state index is -1.02. The number of hydrogen-bond acceptors (Lipinski definition) is 3. The third-order valence-corrected chi connectivity index (χ3v) is 7.25. The van der Waals surface area contributed by atoms with Gasteiger partial charge in [-0.1, -0.05) is 60.7 Å². The average Bonchev–Trinajstić information content (AvgIpc) is 3.07. The van der Waals surface area contributed by atoms with E-state index in [1.807, 2.05) is 18.2 Å². The van der Waals surface area contributed by atoms with E-state index in [2.05, 4.69) is 52.7 Å². The van der Waals surface area contributed by atoms with E-state index in [0.717, 1.165) is 38.5 Å². The summed E-state index contributed by atoms with van der Waals surface area (Å²) in [4.78, 5) is 28.6. The Morgan fingerprint density at radius 1 is 1.00 bits per heavy atom. The first-order valence-electron chi connectivity index (χ1n) is 12.3. The van der Waals surface area contributed by atoms with Crippen molar-refractivity contribution < 1.29 is 9.59 Å². The van der Waals surface area contributed by atoms with Crippen molar-refractivity contribution >= 4 is 11.8 Å². The SMILES string of the molecule is CC(C)(N)C(=O)N[C@H](CCCc1ccccc1)C(=O)N1[C@@H]2CC[C@H]1CC(c1ccccc1)C2. The minimum Gasteiger partial charge on any atom is -0.343 e. The maximum atomic E-state index is 13.8. The third kappa shape index (κ3) is 5.64. The monoisotopic (exact) mass is 447 g/mol. The molecule has 0 spiro atoms. The number of fused-ring (bicyclic) bond motifs is 2. The smallest absolute Gasteiger partial charge is 0.245 e. The van der Waals surface area contributed by atoms with Crippen molar-refractivity contribution in [1.82, 2.24) is 10.2 Å². The number of nitrogens with two attached hydrogens (primary N) is 1. The molecule has 3 N–H and O–H groups in total. The zero-order chi connectivity index (χ0) is 23.4. The van der Waals surface area contributed by atoms with Crippen LogP contribution in [0.25, 0.3) is 0 Å². The highest BCUT2D eigenvalue weighted by Gasteiger charge is 2.45. The predicted molar refractivity (Wildman–Crippen MR) is 132 cm³/mol. The van der Waals surface area contributed by atoms with Gasteiger partial charge in [0.15, 0.2) is 0 Å². The molecule has 2 aromatic carbocycles. The molecule has 2 amide bonds. The molecule has 0 aliphatic carbocycles. The molecular formula is C28H37N3O2. The van der Waals surface area contributed by atoms with E-state index in [9.17, 15) is 9.59 Å². The summed E-state index contributed by atoms with van der Waals surface area (Å²) < 4.78 is 0. The van der Waals surface area contributed by atoms with E-state index in [4.69, 9.17) is 5.73 Å². The van der Waals surface area contributed by atoms with Crippen molar-refractivity contribution in [3.8, 4) is 0 Å². The minimum absolute atomic E-state index is 0.0691. The van der Waals surface area contributed by atoms with Crippen LogP contribution in [0.2, 0.25) is 0 Å². The normalized spacial score (nSPS) is 23.2. The summed E-state index contributed by atoms with van der Waals surface area (Å²) in [5.41, 5.74) is 7.64. The van der Waals surface area contributed by atoms with Crippen LogP contribution in [0.4, 0.5) is 0 Å². The van der Waals surface area contributed by atoms with Gasteiger partial charge >= 0.3 is 0 Å². The number of amides is 2. The topological polar surface area (TPSA) is 75.4 Å². The molecular weight excluding hydrogens is 410 g/mol. The van der Waals surface area contributed by atoms with Gasteiger partial charge in [0, 0.05) is 12.1 Å². The van der Waals surface area contributed by atoms with E-state index in [1.165, 1.54) is 11.1 Å². The number of piperidine rings is 1. The number of benzene rings is 2. The maximum absolute atomic E-state index is 13.8. The molecule has 4 atom stereocenters. The number of carbonyl (C=O) groups is 2. The highest BCUT2D eigenvalue weighted by atomic mass is 16.2. The quantitative estimate of drug-likeness (QED) is 0.638. The van der Waals surface area contributed by atoms with Crippen LogP contribution in [0, 0.1) is 0 Å². The van der Waals surface area contributed by atoms with E-state index in [1.54, 1.807) is 13.8 Å². The predicted octanol–water partition coefficient (Wildman–Crippen LogP) is 4.17. The molecule has 2 aromatic rings. The molecule has 2 heterocycles. The van der Waals surface area contributed by atoms with Crippen molar-refractivity contribution in [1.29, 1.82) is 0 Å². The first kappa shape index (κ1) is 23.5. The van der Waals surface area contributed by atoms with Gasteiger partial charge in [-0.15, -0.1) is 0 Å². The molecule has 2 fully saturated rings. The molecule has 33 heavy (non-hydrogen) atoms. The number of aryl methyl sites for hydroxylation is 1. The van der Waals surface area contributed by atoms with Crippen LogP contribution in [-0.2, 0) is 16.0 Å². The van der Waals surface area contributed by atoms with Crippen molar-refractivity contribution in [2.45, 2.75) is 88.4 Å². The van der Waals surface area contributed by atoms with Crippen LogP contribution < -0.4 is 11.1 Å². The molecule has 0 aromatic heterocycles. The van der Waals surface area contributed by atoms with Crippen molar-refractivity contribution in [2.24, 2.45) is 5.73 Å². The molecule has 0 saturated carbocycles. The van der Waals surface area contributed by atoms with Crippen LogP contribution in [0.5, 0.6) is 0 Å². The summed E-state index contributed by atoms with van der Waals surface area (Å²) in [6, 6.07) is 20.9. The lowest BCUT2D eigenvalue weighted by Gasteiger charge is -2.41. The fourth-order valence-electron chi connectivity index (χ4n) is 5.47. The summed E-state index contributed by atoms with van der Waals surface area (Å²) in [6.45, 7) is 3.37. The van der Waals surface area contributed by atoms with Gasteiger partial charge in [0.1, 0.15) is 6.04 Å². The highest BCUT2D eigenvalue weighted by molar-refractivity contribution is 5.91. The van der Waals surface area contributed by atoms with Gasteiger partial charge in [-0.2, -0.15) is 0 Å². The number of nitrogens with zero attached hydrogens (tertiary/aromatic N) is 1. The average molecular weight is 448 g/mol. The molecule has 2 saturated heterocycles. The zero-order valence-corrected chi connectivity index (χ0v) is 19.9. The first-order chi connectivity index (χ1) is 15.8. The molecule has 176 valence electrons. The summed E-state index contributed by atoms with van der Waals surface area (Å²) in [5.74, 6) is 0.300. The molecule has 1 unspecified atom stereocenters. The Bertz CT molecular complexity index is 925. The molecule has 2 bridgehead atoms. The van der Waals surface area contributed by atoms with Crippen molar-refractivity contribution in [3.05, 3.63) is 71.8 Å². The van der Waals surface area contributed by atoms with E-state index in [0.29, 0.717) is 12.3 Å². The zero-order valence-electron chi connectivity index (χ0n) is 19.9. The summed E-state index contributed by atoms with van der Waals surface area (Å²) in [5, 5.41) is 3.00. The Balaban J connectivity index is 1.45. The number of carbonyl (C=O) groups excluding carboxylic acids is 2. The Labute approximate surface area is 197 Å². The molecule has 4 rings (SSSR count). The number of nitrogens with one attached hydrogen (secondary N) is 1. The summed E-state index contributed by atoms with van der Waals surface area (Å²) >= 11 is 0. The Kier molecular flexibility index (Phi) is 7.18. The van der Waals surface area contributed by atoms with Gasteiger partial charge in [-0.3, -0.25) is 9.59 Å². The van der Waals surface area contributed by atoms with Crippen LogP contribution >= 0.6 is 0 Å². The fourth-order valence-corrected chi connectivity index (χ4v) is 5.47. The second-order valence-corrected chi connectivity index (χ2v) is 10.3. The van der Waals surface area contributed by atoms with Crippen molar-refractivity contribution in [3.63, 3.8) is 0 Å². The van der Waals surface area contributed by atoms with E-state index >= 15 is 0 Å². The van der Waals surface area contributed by atoms with Gasteiger partial charge < -0.3 is 16.0 Å². The van der Waals surface area contributed by atoms with Gasteiger partial charge in [-0.05, 0) is 75.8 Å². The first-order valence-corrected chi connectivity index (χ1v) is 12.3. The molecule has 2 aliphatic heterocycles. The number of rotatable bonds is 8. The standard InChI is InChI=1S/C28H37N3O2/c1-28(2,29)27(33)30-25(15-9-12-20-10-5-3-6-11-20)26(32)31-23-16-17-24(31)19-22(18-23)21-13-7-4-8-14-21/h3-8,10-11,13-14,22-25H,9,12,15-19,29H2,1-2H3,(H,30,33)/t22?,23-,24+,25-/m1/s1. The second-order valence-electron chi connectivity index (χ2n) is 10.3. The summed E-state index contributed by atoms with van der Waals surface area (Å²) in [6.07, 6.45) is 6.43. The van der Waals surface area contributed by atoms with Gasteiger partial charge in [0.05, 0.1) is 5.54 Å². The van der Waals surface area contributed by atoms with Crippen molar-refractivity contribution in [2.75, 3.05) is 0 Å². The van der Waals surface area contributed by atoms with Gasteiger partial charge in [-0.25, -0.2) is 0 Å². The van der Waals surface area contributed by atoms with E-state index < -0.39 is 11.6 Å². The van der Waals surface area contributed by atoms with Gasteiger partial charge in [0.2, 0.25) is 11.8 Å². The summed E-state index contributed by atoms with van der Waals surface area (Å²) in [7, 11) is 0. The van der Waals surface area contributed by atoms with Crippen LogP contribution in [-0.4, -0.2) is 40.4 Å². The largest absolute Gasteiger partial charge is 0.343 e. The third-order valence-electron chi connectivity index (χ3n) is 7.25. The lowest BCUT2D eigenvalue weighted by molar-refractivity contribution is -0.141. The number of hydrogen-bond donors (Lipinski definition) is 2. The van der Waals surface area contributed by atoms with Gasteiger partial charge in [0.25, 0.3) is 0 Å². The van der Waals surface area contributed by atoms with Crippen LogP contribution in [0.1, 0.15) is 69.4 Å². The molecule has 0 radical (unpaired) electrons. The highest BCUT2D eigenvalue weighted by Crippen LogP contribution is 2.43. The second kappa shape index (κ2) is 10.1. The lowest BCUT2D eigenvalue weighted by Crippen LogP contribution is -2.58. The van der Waals surface area contributed by atoms with E-state index in [-0.39, 0.29) is 23.9 Å². The Morgan fingerprint density at radius 3 is 2.15 bits per heavy atom. The molecule has 2 aliphatic rings. The van der Waals surface area contributed by atoms with Crippen LogP contribution in [0.3, 0.4) is 0 Å². The maximum Gasteiger partial charge on any atom is 0.245 e. The lowest BCUT2D eigenvalue weighted by atomic mass is 9.84. The molecule has 5 nitrogen and oxygen atoms in total.